The Labute approximate surface area is 110 Å². The lowest BCUT2D eigenvalue weighted by Crippen LogP contribution is -2.31. The lowest BCUT2D eigenvalue weighted by molar-refractivity contribution is -0.144. The van der Waals surface area contributed by atoms with Crippen LogP contribution in [0.15, 0.2) is 28.7 Å². The van der Waals surface area contributed by atoms with Gasteiger partial charge >= 0.3 is 5.97 Å². The SMILES string of the molecule is CN(Cc1ccccc1Br)CC1(C(=O)O)CC1. The Morgan fingerprint density at radius 2 is 2.12 bits per heavy atom. The summed E-state index contributed by atoms with van der Waals surface area (Å²) in [6, 6.07) is 8.04. The second-order valence-electron chi connectivity index (χ2n) is 4.85. The molecule has 1 aromatic carbocycles. The number of halogens is 1. The zero-order valence-corrected chi connectivity index (χ0v) is 11.4. The Hall–Kier alpha value is -0.870. The molecule has 0 radical (unpaired) electrons. The number of aliphatic carboxylic acids is 1. The van der Waals surface area contributed by atoms with Crippen LogP contribution < -0.4 is 0 Å². The summed E-state index contributed by atoms with van der Waals surface area (Å²) in [4.78, 5) is 13.2. The lowest BCUT2D eigenvalue weighted by Gasteiger charge is -2.21. The van der Waals surface area contributed by atoms with E-state index in [0.29, 0.717) is 6.54 Å². The molecule has 0 bridgehead atoms. The third-order valence-corrected chi connectivity index (χ3v) is 4.05. The van der Waals surface area contributed by atoms with E-state index in [1.54, 1.807) is 0 Å². The van der Waals surface area contributed by atoms with Crippen molar-refractivity contribution in [2.45, 2.75) is 19.4 Å². The van der Waals surface area contributed by atoms with E-state index in [-0.39, 0.29) is 0 Å². The van der Waals surface area contributed by atoms with Crippen LogP contribution in [0.25, 0.3) is 0 Å². The van der Waals surface area contributed by atoms with Crippen molar-refractivity contribution >= 4 is 21.9 Å². The summed E-state index contributed by atoms with van der Waals surface area (Å²) in [5.41, 5.74) is 0.715. The second kappa shape index (κ2) is 4.78. The molecule has 0 aliphatic heterocycles. The molecule has 1 N–H and O–H groups in total. The highest BCUT2D eigenvalue weighted by molar-refractivity contribution is 9.10. The summed E-state index contributed by atoms with van der Waals surface area (Å²) in [6.07, 6.45) is 1.62. The summed E-state index contributed by atoms with van der Waals surface area (Å²) in [5.74, 6) is -0.656. The third kappa shape index (κ3) is 2.87. The van der Waals surface area contributed by atoms with Gasteiger partial charge in [0, 0.05) is 17.6 Å². The Morgan fingerprint density at radius 3 is 2.65 bits per heavy atom. The summed E-state index contributed by atoms with van der Waals surface area (Å²) < 4.78 is 1.08. The fraction of sp³-hybridized carbons (Fsp3) is 0.462. The molecule has 0 aromatic heterocycles. The largest absolute Gasteiger partial charge is 0.481 e. The first-order chi connectivity index (χ1) is 8.03. The topological polar surface area (TPSA) is 40.5 Å². The van der Waals surface area contributed by atoms with Crippen molar-refractivity contribution in [3.05, 3.63) is 34.3 Å². The van der Waals surface area contributed by atoms with Crippen LogP contribution in [0.2, 0.25) is 0 Å². The molecule has 17 heavy (non-hydrogen) atoms. The van der Waals surface area contributed by atoms with Crippen molar-refractivity contribution in [2.75, 3.05) is 13.6 Å². The van der Waals surface area contributed by atoms with E-state index in [1.165, 1.54) is 5.56 Å². The standard InChI is InChI=1S/C13H16BrNO2/c1-15(9-13(6-7-13)12(16)17)8-10-4-2-3-5-11(10)14/h2-5H,6-9H2,1H3,(H,16,17). The normalized spacial score (nSPS) is 17.1. The maximum atomic E-state index is 11.1. The number of benzene rings is 1. The van der Waals surface area contributed by atoms with Gasteiger partial charge in [0.05, 0.1) is 5.41 Å². The van der Waals surface area contributed by atoms with Gasteiger partial charge in [-0.1, -0.05) is 34.1 Å². The minimum Gasteiger partial charge on any atom is -0.481 e. The molecule has 0 spiro atoms. The van der Waals surface area contributed by atoms with E-state index in [2.05, 4.69) is 26.9 Å². The lowest BCUT2D eigenvalue weighted by atomic mass is 10.1. The molecule has 1 saturated carbocycles. The fourth-order valence-corrected chi connectivity index (χ4v) is 2.49. The van der Waals surface area contributed by atoms with Crippen LogP contribution in [0.3, 0.4) is 0 Å². The molecule has 0 amide bonds. The van der Waals surface area contributed by atoms with Gasteiger partial charge in [0.1, 0.15) is 0 Å². The van der Waals surface area contributed by atoms with Crippen molar-refractivity contribution in [3.8, 4) is 0 Å². The highest BCUT2D eigenvalue weighted by atomic mass is 79.9. The van der Waals surface area contributed by atoms with Crippen molar-refractivity contribution in [1.82, 2.24) is 4.90 Å². The molecule has 0 saturated heterocycles. The number of carboxylic acids is 1. The summed E-state index contributed by atoms with van der Waals surface area (Å²) >= 11 is 3.51. The third-order valence-electron chi connectivity index (χ3n) is 3.28. The molecule has 0 unspecified atom stereocenters. The average molecular weight is 298 g/mol. The minimum atomic E-state index is -0.656. The van der Waals surface area contributed by atoms with Gasteiger partial charge in [-0.2, -0.15) is 0 Å². The Morgan fingerprint density at radius 1 is 1.47 bits per heavy atom. The van der Waals surface area contributed by atoms with Crippen LogP contribution in [-0.4, -0.2) is 29.6 Å². The van der Waals surface area contributed by atoms with Gasteiger partial charge < -0.3 is 10.0 Å². The Bertz CT molecular complexity index is 429. The van der Waals surface area contributed by atoms with Gasteiger partial charge in [-0.05, 0) is 31.5 Å². The van der Waals surface area contributed by atoms with Gasteiger partial charge in [0.2, 0.25) is 0 Å². The fourth-order valence-electron chi connectivity index (χ4n) is 2.08. The van der Waals surface area contributed by atoms with Gasteiger partial charge in [0.15, 0.2) is 0 Å². The molecule has 0 atom stereocenters. The number of nitrogens with zero attached hydrogens (tertiary/aromatic N) is 1. The highest BCUT2D eigenvalue weighted by Gasteiger charge is 2.50. The number of rotatable bonds is 5. The van der Waals surface area contributed by atoms with Crippen molar-refractivity contribution < 1.29 is 9.90 Å². The van der Waals surface area contributed by atoms with E-state index in [0.717, 1.165) is 23.9 Å². The van der Waals surface area contributed by atoms with Crippen molar-refractivity contribution in [3.63, 3.8) is 0 Å². The predicted octanol–water partition coefficient (Wildman–Crippen LogP) is 2.75. The van der Waals surface area contributed by atoms with E-state index in [9.17, 15) is 4.79 Å². The first-order valence-electron chi connectivity index (χ1n) is 5.69. The van der Waals surface area contributed by atoms with Crippen LogP contribution >= 0.6 is 15.9 Å². The molecular formula is C13H16BrNO2. The molecule has 1 aliphatic carbocycles. The van der Waals surface area contributed by atoms with E-state index in [1.807, 2.05) is 25.2 Å². The first-order valence-corrected chi connectivity index (χ1v) is 6.48. The molecule has 1 fully saturated rings. The van der Waals surface area contributed by atoms with Crippen LogP contribution in [0.1, 0.15) is 18.4 Å². The zero-order chi connectivity index (χ0) is 12.5. The molecule has 92 valence electrons. The van der Waals surface area contributed by atoms with Gasteiger partial charge in [-0.15, -0.1) is 0 Å². The summed E-state index contributed by atoms with van der Waals surface area (Å²) in [5, 5.41) is 9.14. The van der Waals surface area contributed by atoms with Crippen LogP contribution in [-0.2, 0) is 11.3 Å². The monoisotopic (exact) mass is 297 g/mol. The quantitative estimate of drug-likeness (QED) is 0.908. The molecule has 2 rings (SSSR count). The maximum absolute atomic E-state index is 11.1. The number of hydrogen-bond acceptors (Lipinski definition) is 2. The van der Waals surface area contributed by atoms with Crippen molar-refractivity contribution in [2.24, 2.45) is 5.41 Å². The van der Waals surface area contributed by atoms with E-state index in [4.69, 9.17) is 5.11 Å². The molecular weight excluding hydrogens is 282 g/mol. The number of carboxylic acid groups (broad SMARTS) is 1. The van der Waals surface area contributed by atoms with Gasteiger partial charge in [-0.3, -0.25) is 4.79 Å². The summed E-state index contributed by atoms with van der Waals surface area (Å²) in [7, 11) is 1.97. The van der Waals surface area contributed by atoms with Crippen LogP contribution in [0, 0.1) is 5.41 Å². The highest BCUT2D eigenvalue weighted by Crippen LogP contribution is 2.46. The van der Waals surface area contributed by atoms with Crippen molar-refractivity contribution in [1.29, 1.82) is 0 Å². The summed E-state index contributed by atoms with van der Waals surface area (Å²) in [6.45, 7) is 1.40. The number of hydrogen-bond donors (Lipinski definition) is 1. The molecule has 1 aromatic rings. The smallest absolute Gasteiger partial charge is 0.310 e. The Kier molecular flexibility index (Phi) is 3.54. The van der Waals surface area contributed by atoms with Gasteiger partial charge in [-0.25, -0.2) is 0 Å². The zero-order valence-electron chi connectivity index (χ0n) is 9.82. The predicted molar refractivity (Wildman–Crippen MR) is 69.8 cm³/mol. The van der Waals surface area contributed by atoms with Crippen LogP contribution in [0.4, 0.5) is 0 Å². The Balaban J connectivity index is 1.96. The van der Waals surface area contributed by atoms with E-state index >= 15 is 0 Å². The van der Waals surface area contributed by atoms with E-state index < -0.39 is 11.4 Å². The molecule has 4 heteroatoms. The van der Waals surface area contributed by atoms with Gasteiger partial charge in [0.25, 0.3) is 0 Å². The average Bonchev–Trinajstić information content (AvgIpc) is 3.02. The second-order valence-corrected chi connectivity index (χ2v) is 5.70. The molecule has 3 nitrogen and oxygen atoms in total. The van der Waals surface area contributed by atoms with Crippen LogP contribution in [0.5, 0.6) is 0 Å². The number of carbonyl (C=O) groups is 1. The minimum absolute atomic E-state index is 0.476. The molecule has 1 aliphatic rings. The first kappa shape index (κ1) is 12.6. The molecule has 0 heterocycles. The maximum Gasteiger partial charge on any atom is 0.310 e.